The Kier molecular flexibility index (Phi) is 6.22. The van der Waals surface area contributed by atoms with Gasteiger partial charge in [-0.1, -0.05) is 17.7 Å². The molecular formula is C20H18ClN3O3. The van der Waals surface area contributed by atoms with Crippen LogP contribution in [-0.2, 0) is 17.8 Å². The molecule has 0 bridgehead atoms. The number of amides is 1. The van der Waals surface area contributed by atoms with Gasteiger partial charge in [-0.15, -0.1) is 0 Å². The van der Waals surface area contributed by atoms with Gasteiger partial charge in [0.05, 0.1) is 13.5 Å². The zero-order valence-electron chi connectivity index (χ0n) is 14.7. The molecule has 0 aliphatic heterocycles. The number of methoxy groups -OCH3 is 1. The van der Waals surface area contributed by atoms with Crippen molar-refractivity contribution in [1.29, 1.82) is 0 Å². The van der Waals surface area contributed by atoms with Crippen molar-refractivity contribution in [2.24, 2.45) is 0 Å². The lowest BCUT2D eigenvalue weighted by Gasteiger charge is -2.13. The van der Waals surface area contributed by atoms with E-state index in [1.807, 2.05) is 12.1 Å². The lowest BCUT2D eigenvalue weighted by atomic mass is 10.2. The SMILES string of the molecule is COc1ccc(NC(=O)Cc2ccc(Cl)nc2)cc1OCc1ccncc1. The van der Waals surface area contributed by atoms with Gasteiger partial charge in [-0.3, -0.25) is 9.78 Å². The van der Waals surface area contributed by atoms with Crippen LogP contribution in [0.5, 0.6) is 11.5 Å². The number of hydrogen-bond acceptors (Lipinski definition) is 5. The normalized spacial score (nSPS) is 10.3. The fourth-order valence-corrected chi connectivity index (χ4v) is 2.52. The summed E-state index contributed by atoms with van der Waals surface area (Å²) in [4.78, 5) is 20.2. The molecule has 3 aromatic rings. The molecule has 27 heavy (non-hydrogen) atoms. The minimum Gasteiger partial charge on any atom is -0.493 e. The maximum absolute atomic E-state index is 12.3. The third kappa shape index (κ3) is 5.43. The molecule has 1 N–H and O–H groups in total. The molecule has 0 fully saturated rings. The molecule has 0 aliphatic rings. The fraction of sp³-hybridized carbons (Fsp3) is 0.150. The van der Waals surface area contributed by atoms with Crippen LogP contribution in [0.15, 0.2) is 61.1 Å². The molecule has 2 heterocycles. The Labute approximate surface area is 162 Å². The van der Waals surface area contributed by atoms with Crippen molar-refractivity contribution in [2.45, 2.75) is 13.0 Å². The molecule has 7 heteroatoms. The maximum atomic E-state index is 12.3. The molecule has 1 aromatic carbocycles. The zero-order valence-corrected chi connectivity index (χ0v) is 15.4. The first-order valence-electron chi connectivity index (χ1n) is 8.24. The number of halogens is 1. The van der Waals surface area contributed by atoms with Gasteiger partial charge in [0.2, 0.25) is 5.91 Å². The number of hydrogen-bond donors (Lipinski definition) is 1. The van der Waals surface area contributed by atoms with Gasteiger partial charge in [0.15, 0.2) is 11.5 Å². The Morgan fingerprint density at radius 3 is 2.59 bits per heavy atom. The van der Waals surface area contributed by atoms with E-state index in [9.17, 15) is 4.79 Å². The second-order valence-corrected chi connectivity index (χ2v) is 6.11. The highest BCUT2D eigenvalue weighted by Crippen LogP contribution is 2.31. The summed E-state index contributed by atoms with van der Waals surface area (Å²) < 4.78 is 11.2. The average Bonchev–Trinajstić information content (AvgIpc) is 2.69. The quantitative estimate of drug-likeness (QED) is 0.626. The summed E-state index contributed by atoms with van der Waals surface area (Å²) in [5, 5.41) is 3.24. The van der Waals surface area contributed by atoms with E-state index in [0.717, 1.165) is 11.1 Å². The number of rotatable bonds is 7. The van der Waals surface area contributed by atoms with Gasteiger partial charge in [-0.2, -0.15) is 0 Å². The summed E-state index contributed by atoms with van der Waals surface area (Å²) in [7, 11) is 1.57. The minimum atomic E-state index is -0.163. The molecule has 0 radical (unpaired) electrons. The number of nitrogens with zero attached hydrogens (tertiary/aromatic N) is 2. The molecule has 3 rings (SSSR count). The van der Waals surface area contributed by atoms with Crippen LogP contribution in [0.1, 0.15) is 11.1 Å². The third-order valence-electron chi connectivity index (χ3n) is 3.74. The molecule has 6 nitrogen and oxygen atoms in total. The van der Waals surface area contributed by atoms with Crippen molar-refractivity contribution in [3.63, 3.8) is 0 Å². The lowest BCUT2D eigenvalue weighted by Crippen LogP contribution is -2.14. The summed E-state index contributed by atoms with van der Waals surface area (Å²) in [5.74, 6) is 0.966. The van der Waals surface area contributed by atoms with Crippen LogP contribution in [0, 0.1) is 0 Å². The van der Waals surface area contributed by atoms with Crippen LogP contribution in [0.2, 0.25) is 5.15 Å². The topological polar surface area (TPSA) is 73.3 Å². The monoisotopic (exact) mass is 383 g/mol. The highest BCUT2D eigenvalue weighted by atomic mass is 35.5. The van der Waals surface area contributed by atoms with Crippen LogP contribution in [0.25, 0.3) is 0 Å². The molecule has 0 saturated carbocycles. The van der Waals surface area contributed by atoms with E-state index in [1.165, 1.54) is 0 Å². The van der Waals surface area contributed by atoms with E-state index in [1.54, 1.807) is 56.0 Å². The largest absolute Gasteiger partial charge is 0.493 e. The Morgan fingerprint density at radius 2 is 1.89 bits per heavy atom. The highest BCUT2D eigenvalue weighted by Gasteiger charge is 2.10. The van der Waals surface area contributed by atoms with Crippen LogP contribution >= 0.6 is 11.6 Å². The Hall–Kier alpha value is -3.12. The predicted octanol–water partition coefficient (Wildman–Crippen LogP) is 3.90. The molecular weight excluding hydrogens is 366 g/mol. The number of anilines is 1. The van der Waals surface area contributed by atoms with E-state index < -0.39 is 0 Å². The molecule has 0 saturated heterocycles. The summed E-state index contributed by atoms with van der Waals surface area (Å²) in [6, 6.07) is 12.4. The Balaban J connectivity index is 1.66. The summed E-state index contributed by atoms with van der Waals surface area (Å²) in [6.45, 7) is 0.368. The Morgan fingerprint density at radius 1 is 1.07 bits per heavy atom. The number of aromatic nitrogens is 2. The number of benzene rings is 1. The van der Waals surface area contributed by atoms with Crippen molar-refractivity contribution in [1.82, 2.24) is 9.97 Å². The number of ether oxygens (including phenoxy) is 2. The molecule has 2 aromatic heterocycles. The van der Waals surface area contributed by atoms with Crippen molar-refractivity contribution < 1.29 is 14.3 Å². The summed E-state index contributed by atoms with van der Waals surface area (Å²) in [5.41, 5.74) is 2.38. The van der Waals surface area contributed by atoms with Gasteiger partial charge >= 0.3 is 0 Å². The number of carbonyl (C=O) groups excluding carboxylic acids is 1. The molecule has 0 unspecified atom stereocenters. The van der Waals surface area contributed by atoms with Crippen LogP contribution in [0.3, 0.4) is 0 Å². The Bertz CT molecular complexity index is 902. The van der Waals surface area contributed by atoms with Crippen LogP contribution in [0.4, 0.5) is 5.69 Å². The van der Waals surface area contributed by atoms with Gasteiger partial charge < -0.3 is 14.8 Å². The first-order valence-corrected chi connectivity index (χ1v) is 8.62. The summed E-state index contributed by atoms with van der Waals surface area (Å²) >= 11 is 5.76. The van der Waals surface area contributed by atoms with Gasteiger partial charge in [-0.25, -0.2) is 4.98 Å². The van der Waals surface area contributed by atoms with Crippen molar-refractivity contribution in [2.75, 3.05) is 12.4 Å². The lowest BCUT2D eigenvalue weighted by molar-refractivity contribution is -0.115. The van der Waals surface area contributed by atoms with Gasteiger partial charge in [-0.05, 0) is 41.5 Å². The minimum absolute atomic E-state index is 0.163. The number of nitrogens with one attached hydrogen (secondary N) is 1. The van der Waals surface area contributed by atoms with Crippen molar-refractivity contribution in [3.8, 4) is 11.5 Å². The highest BCUT2D eigenvalue weighted by molar-refractivity contribution is 6.29. The van der Waals surface area contributed by atoms with E-state index in [-0.39, 0.29) is 12.3 Å². The summed E-state index contributed by atoms with van der Waals surface area (Å²) in [6.07, 6.45) is 5.19. The van der Waals surface area contributed by atoms with E-state index in [0.29, 0.717) is 28.9 Å². The second-order valence-electron chi connectivity index (χ2n) is 5.72. The molecule has 1 amide bonds. The first-order chi connectivity index (χ1) is 13.1. The van der Waals surface area contributed by atoms with E-state index >= 15 is 0 Å². The van der Waals surface area contributed by atoms with Crippen molar-refractivity contribution >= 4 is 23.2 Å². The average molecular weight is 384 g/mol. The molecule has 0 aliphatic carbocycles. The van der Waals surface area contributed by atoms with Crippen LogP contribution < -0.4 is 14.8 Å². The van der Waals surface area contributed by atoms with Gasteiger partial charge in [0, 0.05) is 30.3 Å². The van der Waals surface area contributed by atoms with Gasteiger partial charge in [0.25, 0.3) is 0 Å². The molecule has 0 spiro atoms. The molecule has 0 atom stereocenters. The first kappa shape index (κ1) is 18.7. The third-order valence-corrected chi connectivity index (χ3v) is 3.97. The fourth-order valence-electron chi connectivity index (χ4n) is 2.41. The van der Waals surface area contributed by atoms with Crippen molar-refractivity contribution in [3.05, 3.63) is 77.3 Å². The maximum Gasteiger partial charge on any atom is 0.228 e. The predicted molar refractivity (Wildman–Crippen MR) is 103 cm³/mol. The van der Waals surface area contributed by atoms with E-state index in [2.05, 4.69) is 15.3 Å². The standard InChI is InChI=1S/C20H18ClN3O3/c1-26-17-4-3-16(11-18(17)27-13-14-6-8-22-9-7-14)24-20(25)10-15-2-5-19(21)23-12-15/h2-9,11-12H,10,13H2,1H3,(H,24,25). The smallest absolute Gasteiger partial charge is 0.228 e. The second kappa shape index (κ2) is 9.00. The number of pyridine rings is 2. The zero-order chi connectivity index (χ0) is 19.1. The molecule has 138 valence electrons. The van der Waals surface area contributed by atoms with Gasteiger partial charge in [0.1, 0.15) is 11.8 Å². The number of carbonyl (C=O) groups is 1. The van der Waals surface area contributed by atoms with Crippen LogP contribution in [-0.4, -0.2) is 23.0 Å². The van der Waals surface area contributed by atoms with E-state index in [4.69, 9.17) is 21.1 Å².